The van der Waals surface area contributed by atoms with Gasteiger partial charge in [0.15, 0.2) is 0 Å². The standard InChI is InChI=1S/C20H14N4.C4H6/c1-2-14-10-16-5-6-18(23-16)12-20-8-7-19(24-20)11-17-4-3-15(22-17)9-13(1)21-14;1-3-4-2/h1-12,21-22H;3-4H,1-2H2. The Morgan fingerprint density at radius 3 is 1.29 bits per heavy atom. The molecule has 2 aliphatic rings. The highest BCUT2D eigenvalue weighted by molar-refractivity contribution is 5.77. The molecule has 0 aromatic carbocycles. The van der Waals surface area contributed by atoms with E-state index in [0.717, 1.165) is 44.8 Å². The van der Waals surface area contributed by atoms with Crippen molar-refractivity contribution in [3.8, 4) is 0 Å². The normalized spacial score (nSPS) is 11.6. The van der Waals surface area contributed by atoms with Gasteiger partial charge in [-0.25, -0.2) is 9.97 Å². The summed E-state index contributed by atoms with van der Waals surface area (Å²) in [6.45, 7) is 6.72. The minimum Gasteiger partial charge on any atom is -0.355 e. The van der Waals surface area contributed by atoms with Crippen molar-refractivity contribution in [3.05, 3.63) is 96.6 Å². The van der Waals surface area contributed by atoms with E-state index in [0.29, 0.717) is 0 Å². The fourth-order valence-electron chi connectivity index (χ4n) is 2.94. The van der Waals surface area contributed by atoms with Crippen LogP contribution in [0.4, 0.5) is 0 Å². The smallest absolute Gasteiger partial charge is 0.0659 e. The number of hydrogen-bond donors (Lipinski definition) is 2. The number of nitrogens with zero attached hydrogens (tertiary/aromatic N) is 2. The van der Waals surface area contributed by atoms with Gasteiger partial charge >= 0.3 is 0 Å². The third-order valence-electron chi connectivity index (χ3n) is 4.21. The van der Waals surface area contributed by atoms with Crippen molar-refractivity contribution in [1.29, 1.82) is 0 Å². The third-order valence-corrected chi connectivity index (χ3v) is 4.21. The second-order valence-electron chi connectivity index (χ2n) is 6.38. The highest BCUT2D eigenvalue weighted by Gasteiger charge is 2.02. The van der Waals surface area contributed by atoms with E-state index < -0.39 is 0 Å². The lowest BCUT2D eigenvalue weighted by atomic mass is 10.3. The van der Waals surface area contributed by atoms with Gasteiger partial charge in [-0.15, -0.1) is 0 Å². The third kappa shape index (κ3) is 4.07. The van der Waals surface area contributed by atoms with Crippen LogP contribution >= 0.6 is 0 Å². The fourth-order valence-corrected chi connectivity index (χ4v) is 2.94. The molecule has 8 bridgehead atoms. The summed E-state index contributed by atoms with van der Waals surface area (Å²) in [5, 5.41) is 0. The zero-order valence-electron chi connectivity index (χ0n) is 15.4. The van der Waals surface area contributed by atoms with Gasteiger partial charge < -0.3 is 9.97 Å². The van der Waals surface area contributed by atoms with Crippen LogP contribution in [0, 0.1) is 0 Å². The molecule has 28 heavy (non-hydrogen) atoms. The average Bonchev–Trinajstić information content (AvgIpc) is 3.47. The first-order valence-corrected chi connectivity index (χ1v) is 9.00. The number of rotatable bonds is 1. The van der Waals surface area contributed by atoms with Crippen LogP contribution in [0.5, 0.6) is 0 Å². The summed E-state index contributed by atoms with van der Waals surface area (Å²) in [6.07, 6.45) is 11.3. The number of nitrogens with one attached hydrogen (secondary N) is 2. The van der Waals surface area contributed by atoms with Gasteiger partial charge in [-0.2, -0.15) is 0 Å². The van der Waals surface area contributed by atoms with E-state index in [1.807, 2.05) is 42.5 Å². The second-order valence-corrected chi connectivity index (χ2v) is 6.38. The second kappa shape index (κ2) is 7.76. The van der Waals surface area contributed by atoms with Crippen molar-refractivity contribution in [2.75, 3.05) is 0 Å². The SMILES string of the molecule is C1=Cc2cc3ccc(cc4ccc(cc5nc(cc1n2)C=C5)[nH]4)[nH]3.C=CC=C. The van der Waals surface area contributed by atoms with Crippen LogP contribution < -0.4 is 0 Å². The Hall–Kier alpha value is -3.92. The van der Waals surface area contributed by atoms with E-state index in [2.05, 4.69) is 63.4 Å². The summed E-state index contributed by atoms with van der Waals surface area (Å²) >= 11 is 0. The molecular weight excluding hydrogens is 344 g/mol. The lowest BCUT2D eigenvalue weighted by Gasteiger charge is -1.86. The summed E-state index contributed by atoms with van der Waals surface area (Å²) in [6, 6.07) is 16.4. The van der Waals surface area contributed by atoms with Gasteiger partial charge in [0.1, 0.15) is 0 Å². The molecule has 3 aromatic rings. The van der Waals surface area contributed by atoms with Crippen LogP contribution in [0.1, 0.15) is 22.8 Å². The molecule has 5 heterocycles. The molecule has 4 heteroatoms. The molecule has 0 radical (unpaired) electrons. The molecule has 0 spiro atoms. The van der Waals surface area contributed by atoms with Gasteiger partial charge in [0.25, 0.3) is 0 Å². The van der Waals surface area contributed by atoms with Crippen molar-refractivity contribution in [2.45, 2.75) is 0 Å². The number of H-pyrrole nitrogens is 2. The van der Waals surface area contributed by atoms with Gasteiger partial charge in [-0.05, 0) is 72.8 Å². The quantitative estimate of drug-likeness (QED) is 0.358. The molecule has 136 valence electrons. The predicted octanol–water partition coefficient (Wildman–Crippen LogP) is 6.01. The molecule has 0 aliphatic carbocycles. The number of aromatic nitrogens is 4. The molecular formula is C24H20N4. The first kappa shape index (κ1) is 17.5. The highest BCUT2D eigenvalue weighted by Crippen LogP contribution is 2.17. The minimum atomic E-state index is 0.915. The van der Waals surface area contributed by atoms with Crippen LogP contribution in [0.2, 0.25) is 0 Å². The zero-order chi connectivity index (χ0) is 19.3. The van der Waals surface area contributed by atoms with Crippen LogP contribution in [0.3, 0.4) is 0 Å². The Balaban J connectivity index is 0.000000442. The number of allylic oxidation sites excluding steroid dienone is 2. The molecule has 5 rings (SSSR count). The summed E-state index contributed by atoms with van der Waals surface area (Å²) in [7, 11) is 0. The molecule has 0 atom stereocenters. The molecule has 3 aromatic heterocycles. The lowest BCUT2D eigenvalue weighted by Crippen LogP contribution is -1.77. The summed E-state index contributed by atoms with van der Waals surface area (Å²) in [4.78, 5) is 16.0. The van der Waals surface area contributed by atoms with E-state index in [1.165, 1.54) is 0 Å². The lowest BCUT2D eigenvalue weighted by molar-refractivity contribution is 1.28. The topological polar surface area (TPSA) is 57.4 Å². The molecule has 2 aliphatic heterocycles. The van der Waals surface area contributed by atoms with E-state index in [4.69, 9.17) is 0 Å². The van der Waals surface area contributed by atoms with Gasteiger partial charge in [0.05, 0.1) is 22.8 Å². The zero-order valence-corrected chi connectivity index (χ0v) is 15.4. The number of hydrogen-bond acceptors (Lipinski definition) is 2. The summed E-state index contributed by atoms with van der Waals surface area (Å²) < 4.78 is 0. The van der Waals surface area contributed by atoms with E-state index >= 15 is 0 Å². The molecule has 0 fully saturated rings. The Bertz CT molecular complexity index is 1160. The molecule has 0 saturated carbocycles. The molecule has 0 saturated heterocycles. The minimum absolute atomic E-state index is 0.915. The van der Waals surface area contributed by atoms with Crippen molar-refractivity contribution in [2.24, 2.45) is 0 Å². The van der Waals surface area contributed by atoms with Crippen molar-refractivity contribution in [1.82, 2.24) is 19.9 Å². The van der Waals surface area contributed by atoms with Crippen LogP contribution in [-0.4, -0.2) is 19.9 Å². The molecule has 0 unspecified atom stereocenters. The number of aromatic amines is 2. The van der Waals surface area contributed by atoms with Crippen LogP contribution in [0.15, 0.2) is 73.8 Å². The van der Waals surface area contributed by atoms with Crippen molar-refractivity contribution in [3.63, 3.8) is 0 Å². The van der Waals surface area contributed by atoms with Gasteiger partial charge in [0.2, 0.25) is 0 Å². The average molecular weight is 364 g/mol. The van der Waals surface area contributed by atoms with Crippen molar-refractivity contribution < 1.29 is 0 Å². The maximum absolute atomic E-state index is 4.62. The van der Waals surface area contributed by atoms with E-state index in [-0.39, 0.29) is 0 Å². The van der Waals surface area contributed by atoms with Gasteiger partial charge in [-0.3, -0.25) is 0 Å². The fraction of sp³-hybridized carbons (Fsp3) is 0. The van der Waals surface area contributed by atoms with Crippen LogP contribution in [0.25, 0.3) is 46.4 Å². The molecule has 2 N–H and O–H groups in total. The first-order chi connectivity index (χ1) is 13.7. The van der Waals surface area contributed by atoms with Crippen molar-refractivity contribution >= 4 is 46.4 Å². The van der Waals surface area contributed by atoms with E-state index in [1.54, 1.807) is 12.2 Å². The Morgan fingerprint density at radius 2 is 0.893 bits per heavy atom. The van der Waals surface area contributed by atoms with Gasteiger partial charge in [0, 0.05) is 22.1 Å². The molecule has 4 nitrogen and oxygen atoms in total. The maximum atomic E-state index is 4.62. The Morgan fingerprint density at radius 1 is 0.536 bits per heavy atom. The first-order valence-electron chi connectivity index (χ1n) is 9.00. The monoisotopic (exact) mass is 364 g/mol. The predicted molar refractivity (Wildman–Crippen MR) is 119 cm³/mol. The molecule has 0 amide bonds. The van der Waals surface area contributed by atoms with E-state index in [9.17, 15) is 0 Å². The maximum Gasteiger partial charge on any atom is 0.0659 e. The Kier molecular flexibility index (Phi) is 4.85. The van der Waals surface area contributed by atoms with Crippen LogP contribution in [-0.2, 0) is 0 Å². The highest BCUT2D eigenvalue weighted by atomic mass is 14.8. The number of fused-ring (bicyclic) bond motifs is 8. The largest absolute Gasteiger partial charge is 0.355 e. The Labute approximate surface area is 163 Å². The summed E-state index contributed by atoms with van der Waals surface area (Å²) in [5.74, 6) is 0. The summed E-state index contributed by atoms with van der Waals surface area (Å²) in [5.41, 5.74) is 7.86. The van der Waals surface area contributed by atoms with Gasteiger partial charge in [-0.1, -0.05) is 25.3 Å².